The highest BCUT2D eigenvalue weighted by molar-refractivity contribution is 5.51. The monoisotopic (exact) mass is 253 g/mol. The first-order valence-corrected chi connectivity index (χ1v) is 6.37. The van der Waals surface area contributed by atoms with E-state index in [2.05, 4.69) is 10.00 Å². The second-order valence-corrected chi connectivity index (χ2v) is 4.62. The third kappa shape index (κ3) is 2.00. The van der Waals surface area contributed by atoms with Crippen molar-refractivity contribution in [1.82, 2.24) is 9.78 Å². The summed E-state index contributed by atoms with van der Waals surface area (Å²) in [5.41, 5.74) is 2.04. The maximum Gasteiger partial charge on any atom is 0.189 e. The van der Waals surface area contributed by atoms with Crippen LogP contribution in [0.25, 0.3) is 0 Å². The molecular formula is C12H19N3O3. The maximum absolute atomic E-state index is 5.63. The average molecular weight is 253 g/mol. The van der Waals surface area contributed by atoms with Crippen molar-refractivity contribution in [3.05, 3.63) is 11.3 Å². The number of anilines is 1. The van der Waals surface area contributed by atoms with Gasteiger partial charge in [-0.1, -0.05) is 0 Å². The molecule has 0 spiro atoms. The van der Waals surface area contributed by atoms with Crippen LogP contribution in [0.15, 0.2) is 0 Å². The van der Waals surface area contributed by atoms with Gasteiger partial charge >= 0.3 is 0 Å². The molecule has 0 saturated carbocycles. The van der Waals surface area contributed by atoms with Gasteiger partial charge in [0, 0.05) is 20.1 Å². The van der Waals surface area contributed by atoms with Crippen molar-refractivity contribution in [2.24, 2.45) is 7.05 Å². The number of aryl methyl sites for hydroxylation is 2. The summed E-state index contributed by atoms with van der Waals surface area (Å²) in [6.07, 6.45) is -0.267. The van der Waals surface area contributed by atoms with Gasteiger partial charge in [0.15, 0.2) is 6.29 Å². The third-order valence-corrected chi connectivity index (χ3v) is 3.41. The van der Waals surface area contributed by atoms with E-state index < -0.39 is 0 Å². The lowest BCUT2D eigenvalue weighted by Crippen LogP contribution is -2.38. The van der Waals surface area contributed by atoms with Gasteiger partial charge in [-0.05, 0) is 6.92 Å². The highest BCUT2D eigenvalue weighted by Gasteiger charge is 2.30. The van der Waals surface area contributed by atoms with Gasteiger partial charge in [-0.2, -0.15) is 5.10 Å². The molecule has 6 heteroatoms. The maximum atomic E-state index is 5.63. The van der Waals surface area contributed by atoms with Crippen LogP contribution >= 0.6 is 0 Å². The van der Waals surface area contributed by atoms with E-state index >= 15 is 0 Å². The van der Waals surface area contributed by atoms with Crippen molar-refractivity contribution >= 4 is 5.82 Å². The van der Waals surface area contributed by atoms with Crippen molar-refractivity contribution in [2.45, 2.75) is 13.2 Å². The first-order chi connectivity index (χ1) is 8.77. The summed E-state index contributed by atoms with van der Waals surface area (Å²) in [4.78, 5) is 2.30. The molecule has 0 unspecified atom stereocenters. The Hall–Kier alpha value is -1.11. The minimum Gasteiger partial charge on any atom is -0.378 e. The molecule has 1 aromatic rings. The van der Waals surface area contributed by atoms with Crippen molar-refractivity contribution in [1.29, 1.82) is 0 Å². The van der Waals surface area contributed by atoms with E-state index in [9.17, 15) is 0 Å². The lowest BCUT2D eigenvalue weighted by Gasteiger charge is -2.30. The summed E-state index contributed by atoms with van der Waals surface area (Å²) >= 11 is 0. The Bertz CT molecular complexity index is 420. The van der Waals surface area contributed by atoms with Crippen molar-refractivity contribution in [3.8, 4) is 0 Å². The van der Waals surface area contributed by atoms with E-state index in [4.69, 9.17) is 14.2 Å². The fourth-order valence-corrected chi connectivity index (χ4v) is 2.61. The minimum atomic E-state index is -0.267. The van der Waals surface area contributed by atoms with Crippen LogP contribution in [0.1, 0.15) is 17.5 Å². The molecular weight excluding hydrogens is 234 g/mol. The first-order valence-electron chi connectivity index (χ1n) is 6.37. The molecule has 0 radical (unpaired) electrons. The van der Waals surface area contributed by atoms with Gasteiger partial charge < -0.3 is 19.1 Å². The summed E-state index contributed by atoms with van der Waals surface area (Å²) in [5, 5.41) is 4.50. The van der Waals surface area contributed by atoms with E-state index in [1.165, 1.54) is 0 Å². The molecule has 18 heavy (non-hydrogen) atoms. The number of ether oxygens (including phenoxy) is 3. The third-order valence-electron chi connectivity index (χ3n) is 3.41. The van der Waals surface area contributed by atoms with Crippen LogP contribution in [0, 0.1) is 6.92 Å². The molecule has 0 N–H and O–H groups in total. The summed E-state index contributed by atoms with van der Waals surface area (Å²) < 4.78 is 18.6. The van der Waals surface area contributed by atoms with Gasteiger partial charge in [-0.3, -0.25) is 4.68 Å². The van der Waals surface area contributed by atoms with Crippen LogP contribution in [0.5, 0.6) is 0 Å². The van der Waals surface area contributed by atoms with Crippen LogP contribution in [0.3, 0.4) is 0 Å². The largest absolute Gasteiger partial charge is 0.378 e. The normalized spacial score (nSPS) is 21.8. The molecule has 0 atom stereocenters. The van der Waals surface area contributed by atoms with E-state index in [0.717, 1.165) is 43.4 Å². The SMILES string of the molecule is Cc1nn(C)c(N2CCOCC2)c1C1OCCO1. The Kier molecular flexibility index (Phi) is 3.23. The Morgan fingerprint density at radius 1 is 1.11 bits per heavy atom. The van der Waals surface area contributed by atoms with Crippen molar-refractivity contribution < 1.29 is 14.2 Å². The minimum absolute atomic E-state index is 0.267. The molecule has 0 bridgehead atoms. The van der Waals surface area contributed by atoms with Gasteiger partial charge in [0.05, 0.1) is 37.7 Å². The van der Waals surface area contributed by atoms with E-state index in [1.807, 2.05) is 18.7 Å². The highest BCUT2D eigenvalue weighted by Crippen LogP contribution is 2.34. The number of aromatic nitrogens is 2. The quantitative estimate of drug-likeness (QED) is 0.773. The Balaban J connectivity index is 1.95. The van der Waals surface area contributed by atoms with E-state index in [1.54, 1.807) is 0 Å². The molecule has 1 aromatic heterocycles. The lowest BCUT2D eigenvalue weighted by atomic mass is 10.2. The zero-order chi connectivity index (χ0) is 12.5. The molecule has 100 valence electrons. The van der Waals surface area contributed by atoms with E-state index in [0.29, 0.717) is 13.2 Å². The smallest absolute Gasteiger partial charge is 0.189 e. The van der Waals surface area contributed by atoms with Crippen LogP contribution in [0.2, 0.25) is 0 Å². The Morgan fingerprint density at radius 2 is 1.78 bits per heavy atom. The van der Waals surface area contributed by atoms with Crippen LogP contribution in [-0.2, 0) is 21.3 Å². The topological polar surface area (TPSA) is 48.8 Å². The molecule has 2 fully saturated rings. The summed E-state index contributed by atoms with van der Waals surface area (Å²) in [7, 11) is 1.97. The standard InChI is InChI=1S/C12H19N3O3/c1-9-10(12-17-7-8-18-12)11(14(2)13-9)15-3-5-16-6-4-15/h12H,3-8H2,1-2H3. The number of morpholine rings is 1. The summed E-state index contributed by atoms with van der Waals surface area (Å²) in [5.74, 6) is 1.10. The fourth-order valence-electron chi connectivity index (χ4n) is 2.61. The van der Waals surface area contributed by atoms with Crippen molar-refractivity contribution in [3.63, 3.8) is 0 Å². The predicted molar refractivity (Wildman–Crippen MR) is 65.6 cm³/mol. The zero-order valence-corrected chi connectivity index (χ0v) is 10.9. The molecule has 3 rings (SSSR count). The average Bonchev–Trinajstić information content (AvgIpc) is 2.97. The van der Waals surface area contributed by atoms with E-state index in [-0.39, 0.29) is 6.29 Å². The molecule has 0 amide bonds. The van der Waals surface area contributed by atoms with Gasteiger partial charge in [-0.15, -0.1) is 0 Å². The molecule has 2 saturated heterocycles. The first kappa shape index (κ1) is 12.0. The van der Waals surface area contributed by atoms with Gasteiger partial charge in [0.1, 0.15) is 5.82 Å². The molecule has 0 aliphatic carbocycles. The molecule has 2 aliphatic heterocycles. The second-order valence-electron chi connectivity index (χ2n) is 4.62. The van der Waals surface area contributed by atoms with Crippen molar-refractivity contribution in [2.75, 3.05) is 44.4 Å². The molecule has 2 aliphatic rings. The van der Waals surface area contributed by atoms with Crippen LogP contribution < -0.4 is 4.90 Å². The number of hydrogen-bond donors (Lipinski definition) is 0. The predicted octanol–water partition coefficient (Wildman–Crippen LogP) is 0.611. The Labute approximate surface area is 106 Å². The summed E-state index contributed by atoms with van der Waals surface area (Å²) in [6.45, 7) is 6.61. The Morgan fingerprint density at radius 3 is 2.44 bits per heavy atom. The molecule has 0 aromatic carbocycles. The number of rotatable bonds is 2. The molecule has 6 nitrogen and oxygen atoms in total. The van der Waals surface area contributed by atoms with Crippen LogP contribution in [-0.4, -0.2) is 49.3 Å². The zero-order valence-electron chi connectivity index (χ0n) is 10.9. The number of nitrogens with zero attached hydrogens (tertiary/aromatic N) is 3. The van der Waals surface area contributed by atoms with Gasteiger partial charge in [0.25, 0.3) is 0 Å². The van der Waals surface area contributed by atoms with Gasteiger partial charge in [0.2, 0.25) is 0 Å². The molecule has 3 heterocycles. The fraction of sp³-hybridized carbons (Fsp3) is 0.750. The van der Waals surface area contributed by atoms with Crippen LogP contribution in [0.4, 0.5) is 5.82 Å². The van der Waals surface area contributed by atoms with Gasteiger partial charge in [-0.25, -0.2) is 0 Å². The second kappa shape index (κ2) is 4.87. The highest BCUT2D eigenvalue weighted by atomic mass is 16.7. The summed E-state index contributed by atoms with van der Waals surface area (Å²) in [6, 6.07) is 0. The number of hydrogen-bond acceptors (Lipinski definition) is 5. The lowest BCUT2D eigenvalue weighted by molar-refractivity contribution is -0.0443.